The molecule has 64 valence electrons. The average Bonchev–Trinajstić information content (AvgIpc) is 1.12. The molecule has 0 fully saturated rings. The Kier molecular flexibility index (Phi) is 7.20. The highest BCUT2D eigenvalue weighted by molar-refractivity contribution is 7.81. The van der Waals surface area contributed by atoms with Gasteiger partial charge in [0.15, 0.2) is 0 Å². The third-order valence-electron chi connectivity index (χ3n) is 0. The van der Waals surface area contributed by atoms with Crippen molar-refractivity contribution in [2.45, 2.75) is 0 Å². The standard InChI is InChI=1S/Cl4Si.H4O4Si/c2*1-5(2,3)4/h;1-4H. The molecule has 0 radical (unpaired) electrons. The summed E-state index contributed by atoms with van der Waals surface area (Å²) >= 11 is 19.9. The summed E-state index contributed by atoms with van der Waals surface area (Å²) in [5, 5.41) is -2.72. The molecule has 0 bridgehead atoms. The van der Waals surface area contributed by atoms with Gasteiger partial charge in [-0.3, -0.25) is 0 Å². The molecule has 0 aromatic rings. The molecule has 0 saturated carbocycles. The van der Waals surface area contributed by atoms with E-state index in [2.05, 4.69) is 0 Å². The maximum Gasteiger partial charge on any atom is 0.668 e. The van der Waals surface area contributed by atoms with Gasteiger partial charge >= 0.3 is 14.4 Å². The van der Waals surface area contributed by atoms with Crippen molar-refractivity contribution in [2.75, 3.05) is 0 Å². The summed E-state index contributed by atoms with van der Waals surface area (Å²) < 4.78 is 0. The zero-order chi connectivity index (χ0) is 9.00. The van der Waals surface area contributed by atoms with Crippen molar-refractivity contribution < 1.29 is 19.2 Å². The number of rotatable bonds is 0. The van der Waals surface area contributed by atoms with Crippen LogP contribution in [0.25, 0.3) is 0 Å². The van der Waals surface area contributed by atoms with Gasteiger partial charge in [-0.1, -0.05) is 0 Å². The first-order chi connectivity index (χ1) is 4.00. The second-order valence-electron chi connectivity index (χ2n) is 1.03. The van der Waals surface area contributed by atoms with Gasteiger partial charge in [-0.15, -0.1) is 44.3 Å². The van der Waals surface area contributed by atoms with Crippen LogP contribution in [0.2, 0.25) is 0 Å². The molecule has 0 aromatic carbocycles. The highest BCUT2D eigenvalue weighted by Gasteiger charge is 2.22. The number of halogens is 4. The van der Waals surface area contributed by atoms with Gasteiger partial charge in [-0.25, -0.2) is 0 Å². The Morgan fingerprint density at radius 1 is 0.700 bits per heavy atom. The summed E-state index contributed by atoms with van der Waals surface area (Å²) in [6.07, 6.45) is 0. The minimum Gasteiger partial charge on any atom is -0.368 e. The van der Waals surface area contributed by atoms with E-state index in [1.54, 1.807) is 0 Å². The normalized spacial score (nSPS) is 12.0. The van der Waals surface area contributed by atoms with E-state index < -0.39 is 14.4 Å². The smallest absolute Gasteiger partial charge is 0.368 e. The van der Waals surface area contributed by atoms with Gasteiger partial charge in [0.1, 0.15) is 0 Å². The molecule has 0 saturated heterocycles. The Balaban J connectivity index is 0. The van der Waals surface area contributed by atoms with Gasteiger partial charge in [0.05, 0.1) is 0 Å². The first-order valence-electron chi connectivity index (χ1n) is 1.65. The first-order valence-corrected chi connectivity index (χ1v) is 9.49. The average molecular weight is 266 g/mol. The molecular weight excluding hydrogens is 262 g/mol. The fourth-order valence-corrected chi connectivity index (χ4v) is 0. The van der Waals surface area contributed by atoms with Gasteiger partial charge in [-0.2, -0.15) is 0 Å². The van der Waals surface area contributed by atoms with Crippen molar-refractivity contribution in [1.29, 1.82) is 0 Å². The molecule has 0 unspecified atom stereocenters. The molecule has 0 atom stereocenters. The van der Waals surface area contributed by atoms with E-state index in [1.165, 1.54) is 0 Å². The molecule has 10 heteroatoms. The molecule has 0 aliphatic rings. The van der Waals surface area contributed by atoms with Crippen LogP contribution in [0.15, 0.2) is 0 Å². The lowest BCUT2D eigenvalue weighted by atomic mass is 15.7. The highest BCUT2D eigenvalue weighted by atomic mass is 36.0. The summed E-state index contributed by atoms with van der Waals surface area (Å²) in [5.41, 5.74) is 0. The second-order valence-corrected chi connectivity index (χ2v) is 13.4. The van der Waals surface area contributed by atoms with Crippen molar-refractivity contribution in [1.82, 2.24) is 0 Å². The van der Waals surface area contributed by atoms with E-state index >= 15 is 0 Å². The summed E-state index contributed by atoms with van der Waals surface area (Å²) in [6.45, 7) is 0. The molecule has 10 heavy (non-hydrogen) atoms. The molecule has 4 nitrogen and oxygen atoms in total. The molecule has 0 aromatic heterocycles. The summed E-state index contributed by atoms with van der Waals surface area (Å²) in [4.78, 5) is 29.3. The van der Waals surface area contributed by atoms with E-state index in [9.17, 15) is 0 Å². The molecular formula is H4Cl4O4Si2. The summed E-state index contributed by atoms with van der Waals surface area (Å²) in [6, 6.07) is 0. The molecule has 0 aliphatic heterocycles. The van der Waals surface area contributed by atoms with Gasteiger partial charge in [-0.05, 0) is 0 Å². The Morgan fingerprint density at radius 3 is 0.700 bits per heavy atom. The summed E-state index contributed by atoms with van der Waals surface area (Å²) in [5.74, 6) is 0. The van der Waals surface area contributed by atoms with Gasteiger partial charge in [0.2, 0.25) is 0 Å². The van der Waals surface area contributed by atoms with E-state index in [0.717, 1.165) is 0 Å². The molecule has 4 N–H and O–H groups in total. The lowest BCUT2D eigenvalue weighted by molar-refractivity contribution is 0.117. The largest absolute Gasteiger partial charge is 0.668 e. The minimum absolute atomic E-state index is 2.72. The van der Waals surface area contributed by atoms with E-state index in [1.807, 2.05) is 0 Å². The zero-order valence-corrected chi connectivity index (χ0v) is 9.32. The van der Waals surface area contributed by atoms with Crippen LogP contribution in [-0.4, -0.2) is 33.5 Å². The van der Waals surface area contributed by atoms with Crippen LogP contribution < -0.4 is 0 Å². The van der Waals surface area contributed by atoms with Crippen molar-refractivity contribution in [3.63, 3.8) is 0 Å². The molecule has 0 aliphatic carbocycles. The molecule has 0 spiro atoms. The Bertz CT molecular complexity index is 58.2. The lowest BCUT2D eigenvalue weighted by Gasteiger charge is -1.91. The third-order valence-corrected chi connectivity index (χ3v) is 0. The third kappa shape index (κ3) is 326. The Morgan fingerprint density at radius 2 is 0.700 bits per heavy atom. The van der Waals surface area contributed by atoms with Crippen LogP contribution in [0.4, 0.5) is 0 Å². The van der Waals surface area contributed by atoms with Gasteiger partial charge < -0.3 is 19.2 Å². The Hall–Kier alpha value is 1.43. The quantitative estimate of drug-likeness (QED) is 0.360. The Labute approximate surface area is 77.8 Å². The number of hydrogen-bond donors (Lipinski definition) is 4. The van der Waals surface area contributed by atoms with Crippen LogP contribution in [0.1, 0.15) is 0 Å². The maximum atomic E-state index is 7.33. The maximum absolute atomic E-state index is 7.33. The number of hydrogen-bond acceptors (Lipinski definition) is 4. The van der Waals surface area contributed by atoms with Gasteiger partial charge in [0, 0.05) is 0 Å². The van der Waals surface area contributed by atoms with Crippen molar-refractivity contribution in [3.05, 3.63) is 0 Å². The SMILES string of the molecule is Cl[Si](Cl)(Cl)Cl.O[Si](O)(O)O. The van der Waals surface area contributed by atoms with Crippen LogP contribution in [-0.2, 0) is 0 Å². The van der Waals surface area contributed by atoms with E-state index in [-0.39, 0.29) is 0 Å². The fourth-order valence-electron chi connectivity index (χ4n) is 0. The van der Waals surface area contributed by atoms with Crippen molar-refractivity contribution in [2.24, 2.45) is 0 Å². The van der Waals surface area contributed by atoms with E-state index in [0.29, 0.717) is 0 Å². The van der Waals surface area contributed by atoms with Gasteiger partial charge in [0.25, 0.3) is 0 Å². The molecule has 0 amide bonds. The lowest BCUT2D eigenvalue weighted by Crippen LogP contribution is -2.33. The zero-order valence-electron chi connectivity index (χ0n) is 4.30. The van der Waals surface area contributed by atoms with Crippen LogP contribution in [0.5, 0.6) is 0 Å². The van der Waals surface area contributed by atoms with Crippen LogP contribution >= 0.6 is 44.3 Å². The predicted molar refractivity (Wildman–Crippen MR) is 43.8 cm³/mol. The highest BCUT2D eigenvalue weighted by Crippen LogP contribution is 2.23. The fraction of sp³-hybridized carbons (Fsp3) is 0. The van der Waals surface area contributed by atoms with Crippen LogP contribution in [0, 0.1) is 0 Å². The molecule has 0 rings (SSSR count). The van der Waals surface area contributed by atoms with E-state index in [4.69, 9.17) is 63.5 Å². The van der Waals surface area contributed by atoms with Crippen molar-refractivity contribution in [3.8, 4) is 0 Å². The predicted octanol–water partition coefficient (Wildman–Crippen LogP) is -0.232. The second kappa shape index (κ2) is 5.15. The monoisotopic (exact) mass is 264 g/mol. The first kappa shape index (κ1) is 14.0. The van der Waals surface area contributed by atoms with Crippen molar-refractivity contribution >= 4 is 58.7 Å². The molecule has 0 heterocycles. The minimum atomic E-state index is -4.61. The summed E-state index contributed by atoms with van der Waals surface area (Å²) in [7, 11) is -4.61. The van der Waals surface area contributed by atoms with Crippen LogP contribution in [0.3, 0.4) is 0 Å². The topological polar surface area (TPSA) is 80.9 Å².